The zero-order valence-electron chi connectivity index (χ0n) is 8.03. The first-order valence-electron chi connectivity index (χ1n) is 4.53. The second kappa shape index (κ2) is 5.44. The molecule has 0 aromatic heterocycles. The van der Waals surface area contributed by atoms with Crippen LogP contribution in [0.25, 0.3) is 0 Å². The van der Waals surface area contributed by atoms with Crippen LogP contribution >= 0.6 is 15.9 Å². The summed E-state index contributed by atoms with van der Waals surface area (Å²) in [6.07, 6.45) is -1.60. The highest BCUT2D eigenvalue weighted by molar-refractivity contribution is 9.09. The number of aliphatic hydroxyl groups excluding tert-OH is 2. The van der Waals surface area contributed by atoms with Crippen molar-refractivity contribution in [1.29, 1.82) is 0 Å². The van der Waals surface area contributed by atoms with E-state index in [0.29, 0.717) is 17.3 Å². The van der Waals surface area contributed by atoms with Crippen molar-refractivity contribution < 1.29 is 14.6 Å². The van der Waals surface area contributed by atoms with Gasteiger partial charge in [-0.1, -0.05) is 22.0 Å². The summed E-state index contributed by atoms with van der Waals surface area (Å²) in [5.74, 6) is -0.586. The minimum Gasteiger partial charge on any atom is -0.396 e. The molecule has 1 aromatic rings. The lowest BCUT2D eigenvalue weighted by atomic mass is 10.0. The Kier molecular flexibility index (Phi) is 4.50. The maximum absolute atomic E-state index is 13.1. The van der Waals surface area contributed by atoms with E-state index in [0.717, 1.165) is 6.07 Å². The Morgan fingerprint density at radius 3 is 2.60 bits per heavy atom. The van der Waals surface area contributed by atoms with Crippen molar-refractivity contribution in [1.82, 2.24) is 0 Å². The van der Waals surface area contributed by atoms with Gasteiger partial charge in [-0.05, 0) is 24.1 Å². The summed E-state index contributed by atoms with van der Waals surface area (Å²) >= 11 is 3.15. The molecule has 0 saturated heterocycles. The Morgan fingerprint density at radius 2 is 2.07 bits per heavy atom. The van der Waals surface area contributed by atoms with Gasteiger partial charge in [0.25, 0.3) is 0 Å². The molecule has 84 valence electrons. The van der Waals surface area contributed by atoms with Gasteiger partial charge < -0.3 is 15.9 Å². The molecule has 0 aliphatic rings. The summed E-state index contributed by atoms with van der Waals surface area (Å²) in [5.41, 5.74) is 5.65. The molecule has 4 N–H and O–H groups in total. The molecule has 1 aromatic carbocycles. The minimum absolute atomic E-state index is 0.0286. The van der Waals surface area contributed by atoms with Crippen LogP contribution in [-0.4, -0.2) is 21.6 Å². The predicted molar refractivity (Wildman–Crippen MR) is 60.2 cm³/mol. The fourth-order valence-electron chi connectivity index (χ4n) is 1.22. The van der Waals surface area contributed by atoms with Crippen molar-refractivity contribution in [2.24, 2.45) is 0 Å². The smallest absolute Gasteiger partial charge is 0.146 e. The van der Waals surface area contributed by atoms with Crippen LogP contribution in [0.5, 0.6) is 0 Å². The van der Waals surface area contributed by atoms with E-state index in [-0.39, 0.29) is 5.69 Å². The molecule has 1 rings (SSSR count). The van der Waals surface area contributed by atoms with Crippen LogP contribution < -0.4 is 5.73 Å². The van der Waals surface area contributed by atoms with Crippen molar-refractivity contribution in [3.05, 3.63) is 29.6 Å². The molecular formula is C10H13BrFNO2. The Bertz CT molecular complexity index is 335. The van der Waals surface area contributed by atoms with E-state index >= 15 is 0 Å². The third-order valence-corrected chi connectivity index (χ3v) is 2.59. The van der Waals surface area contributed by atoms with Gasteiger partial charge in [0, 0.05) is 5.33 Å². The number of rotatable bonds is 4. The Morgan fingerprint density at radius 1 is 1.40 bits per heavy atom. The minimum atomic E-state index is -1.09. The van der Waals surface area contributed by atoms with E-state index in [1.165, 1.54) is 12.1 Å². The Balaban J connectivity index is 2.81. The quantitative estimate of drug-likeness (QED) is 0.578. The number of hydrogen-bond acceptors (Lipinski definition) is 3. The van der Waals surface area contributed by atoms with E-state index in [1.54, 1.807) is 0 Å². The fourth-order valence-corrected chi connectivity index (χ4v) is 1.69. The molecule has 0 fully saturated rings. The maximum Gasteiger partial charge on any atom is 0.146 e. The van der Waals surface area contributed by atoms with Crippen LogP contribution in [0.4, 0.5) is 10.1 Å². The number of hydrogen-bond donors (Lipinski definition) is 3. The van der Waals surface area contributed by atoms with Crippen LogP contribution in [0.15, 0.2) is 18.2 Å². The first kappa shape index (κ1) is 12.4. The summed E-state index contributed by atoms with van der Waals surface area (Å²) in [6.45, 7) is 0. The molecule has 0 saturated carbocycles. The lowest BCUT2D eigenvalue weighted by Crippen LogP contribution is -2.18. The zero-order chi connectivity index (χ0) is 11.4. The summed E-state index contributed by atoms with van der Waals surface area (Å²) in [7, 11) is 0. The van der Waals surface area contributed by atoms with Crippen molar-refractivity contribution >= 4 is 21.6 Å². The molecular weight excluding hydrogens is 265 g/mol. The van der Waals surface area contributed by atoms with E-state index in [9.17, 15) is 14.6 Å². The van der Waals surface area contributed by atoms with Crippen LogP contribution in [0.3, 0.4) is 0 Å². The van der Waals surface area contributed by atoms with Crippen molar-refractivity contribution in [3.63, 3.8) is 0 Å². The molecule has 0 heterocycles. The van der Waals surface area contributed by atoms with E-state index in [2.05, 4.69) is 15.9 Å². The standard InChI is InChI=1S/C10H13BrFNO2/c11-4-3-9(14)10(15)6-1-2-8(13)7(12)5-6/h1-2,5,9-10,14-15H,3-4,13H2. The average molecular weight is 278 g/mol. The average Bonchev–Trinajstić information content (AvgIpc) is 2.21. The van der Waals surface area contributed by atoms with Gasteiger partial charge in [-0.25, -0.2) is 4.39 Å². The molecule has 5 heteroatoms. The number of anilines is 1. The van der Waals surface area contributed by atoms with Gasteiger partial charge >= 0.3 is 0 Å². The topological polar surface area (TPSA) is 66.5 Å². The first-order chi connectivity index (χ1) is 7.06. The summed E-state index contributed by atoms with van der Waals surface area (Å²) < 4.78 is 13.1. The Hall–Kier alpha value is -0.650. The first-order valence-corrected chi connectivity index (χ1v) is 5.65. The van der Waals surface area contributed by atoms with E-state index in [1.807, 2.05) is 0 Å². The van der Waals surface area contributed by atoms with E-state index < -0.39 is 18.0 Å². The zero-order valence-corrected chi connectivity index (χ0v) is 9.61. The van der Waals surface area contributed by atoms with Crippen LogP contribution in [0.2, 0.25) is 0 Å². The monoisotopic (exact) mass is 277 g/mol. The van der Waals surface area contributed by atoms with E-state index in [4.69, 9.17) is 5.73 Å². The molecule has 2 atom stereocenters. The Labute approximate surface area is 95.9 Å². The molecule has 0 aliphatic heterocycles. The number of benzene rings is 1. The third kappa shape index (κ3) is 3.15. The molecule has 2 unspecified atom stereocenters. The molecule has 0 radical (unpaired) electrons. The highest BCUT2D eigenvalue weighted by Gasteiger charge is 2.18. The molecule has 0 bridgehead atoms. The van der Waals surface area contributed by atoms with Crippen molar-refractivity contribution in [2.75, 3.05) is 11.1 Å². The maximum atomic E-state index is 13.1. The van der Waals surface area contributed by atoms with Crippen LogP contribution in [-0.2, 0) is 0 Å². The van der Waals surface area contributed by atoms with Gasteiger partial charge in [0.2, 0.25) is 0 Å². The molecule has 0 spiro atoms. The van der Waals surface area contributed by atoms with Crippen molar-refractivity contribution in [3.8, 4) is 0 Å². The van der Waals surface area contributed by atoms with Crippen LogP contribution in [0, 0.1) is 5.82 Å². The van der Waals surface area contributed by atoms with Gasteiger partial charge in [0.1, 0.15) is 11.9 Å². The third-order valence-electron chi connectivity index (χ3n) is 2.14. The fraction of sp³-hybridized carbons (Fsp3) is 0.400. The normalized spacial score (nSPS) is 14.9. The summed E-state index contributed by atoms with van der Waals surface area (Å²) in [4.78, 5) is 0. The lowest BCUT2D eigenvalue weighted by molar-refractivity contribution is 0.0172. The number of halogens is 2. The molecule has 0 amide bonds. The number of nitrogens with two attached hydrogens (primary N) is 1. The second-order valence-corrected chi connectivity index (χ2v) is 4.06. The van der Waals surface area contributed by atoms with Crippen molar-refractivity contribution in [2.45, 2.75) is 18.6 Å². The molecule has 0 aliphatic carbocycles. The summed E-state index contributed by atoms with van der Waals surface area (Å²) in [6, 6.07) is 4.01. The largest absolute Gasteiger partial charge is 0.396 e. The van der Waals surface area contributed by atoms with Crippen LogP contribution in [0.1, 0.15) is 18.1 Å². The molecule has 3 nitrogen and oxygen atoms in total. The number of aliphatic hydroxyl groups is 2. The highest BCUT2D eigenvalue weighted by atomic mass is 79.9. The van der Waals surface area contributed by atoms with Gasteiger partial charge in [-0.15, -0.1) is 0 Å². The highest BCUT2D eigenvalue weighted by Crippen LogP contribution is 2.22. The van der Waals surface area contributed by atoms with Gasteiger partial charge in [-0.3, -0.25) is 0 Å². The predicted octanol–water partition coefficient (Wildman–Crippen LogP) is 1.59. The number of nitrogen functional groups attached to an aromatic ring is 1. The van der Waals surface area contributed by atoms with Gasteiger partial charge in [0.05, 0.1) is 11.8 Å². The number of alkyl halides is 1. The SMILES string of the molecule is Nc1ccc(C(O)C(O)CCBr)cc1F. The van der Waals surface area contributed by atoms with Gasteiger partial charge in [0.15, 0.2) is 0 Å². The summed E-state index contributed by atoms with van der Waals surface area (Å²) in [5, 5.41) is 19.7. The molecule has 15 heavy (non-hydrogen) atoms. The lowest BCUT2D eigenvalue weighted by Gasteiger charge is -2.17. The second-order valence-electron chi connectivity index (χ2n) is 3.27. The van der Waals surface area contributed by atoms with Gasteiger partial charge in [-0.2, -0.15) is 0 Å².